The highest BCUT2D eigenvalue weighted by atomic mass is 16.5. The molecule has 0 aliphatic heterocycles. The molecule has 3 heterocycles. The maximum absolute atomic E-state index is 12.5. The van der Waals surface area contributed by atoms with Crippen molar-refractivity contribution in [1.82, 2.24) is 5.32 Å². The minimum absolute atomic E-state index is 0.0433. The Labute approximate surface area is 142 Å². The number of benzene rings is 1. The average Bonchev–Trinajstić information content (AvgIpc) is 3.21. The Hall–Kier alpha value is -3.28. The fourth-order valence-electron chi connectivity index (χ4n) is 2.71. The van der Waals surface area contributed by atoms with Crippen molar-refractivity contribution in [2.75, 3.05) is 6.54 Å². The number of hydrogen-bond donors (Lipinski definition) is 1. The maximum atomic E-state index is 12.5. The number of fused-ring (bicyclic) bond motifs is 2. The first-order chi connectivity index (χ1) is 12.1. The van der Waals surface area contributed by atoms with Crippen LogP contribution in [0.4, 0.5) is 0 Å². The molecule has 0 fully saturated rings. The van der Waals surface area contributed by atoms with Crippen LogP contribution in [0.1, 0.15) is 22.1 Å². The summed E-state index contributed by atoms with van der Waals surface area (Å²) in [5, 5.41) is 3.45. The van der Waals surface area contributed by atoms with E-state index in [-0.39, 0.29) is 22.4 Å². The van der Waals surface area contributed by atoms with Gasteiger partial charge in [-0.1, -0.05) is 12.1 Å². The number of aryl methyl sites for hydroxylation is 1. The van der Waals surface area contributed by atoms with Crippen molar-refractivity contribution < 1.29 is 18.0 Å². The van der Waals surface area contributed by atoms with Gasteiger partial charge in [-0.2, -0.15) is 0 Å². The van der Waals surface area contributed by atoms with E-state index in [0.717, 1.165) is 11.5 Å². The number of carbonyl (C=O) groups excluding carboxylic acids is 1. The normalized spacial score (nSPS) is 11.2. The molecule has 3 aromatic heterocycles. The molecule has 0 aliphatic rings. The third kappa shape index (κ3) is 2.82. The number of amides is 1. The molecule has 6 nitrogen and oxygen atoms in total. The highest BCUT2D eigenvalue weighted by Gasteiger charge is 2.17. The Kier molecular flexibility index (Phi) is 3.65. The summed E-state index contributed by atoms with van der Waals surface area (Å²) in [5.41, 5.74) is 0.209. The Bertz CT molecular complexity index is 1130. The highest BCUT2D eigenvalue weighted by molar-refractivity contribution is 5.97. The zero-order valence-electron chi connectivity index (χ0n) is 13.5. The van der Waals surface area contributed by atoms with Crippen LogP contribution in [-0.2, 0) is 6.42 Å². The summed E-state index contributed by atoms with van der Waals surface area (Å²) in [6.45, 7) is 2.26. The van der Waals surface area contributed by atoms with Gasteiger partial charge in [0.05, 0.1) is 5.39 Å². The van der Waals surface area contributed by atoms with Crippen LogP contribution in [0.15, 0.2) is 60.5 Å². The Balaban J connectivity index is 1.56. The molecule has 0 bridgehead atoms. The SMILES string of the molecule is Cc1ccc(CCNC(=O)c2cc3c(=O)c4ccccc4oc3o2)o1. The smallest absolute Gasteiger partial charge is 0.302 e. The van der Waals surface area contributed by atoms with Gasteiger partial charge in [0.15, 0.2) is 5.76 Å². The van der Waals surface area contributed by atoms with Crippen molar-refractivity contribution in [1.29, 1.82) is 0 Å². The van der Waals surface area contributed by atoms with E-state index in [1.54, 1.807) is 24.3 Å². The van der Waals surface area contributed by atoms with Gasteiger partial charge < -0.3 is 18.6 Å². The molecule has 0 aliphatic carbocycles. The minimum atomic E-state index is -0.405. The molecule has 1 N–H and O–H groups in total. The molecule has 0 saturated carbocycles. The molecule has 25 heavy (non-hydrogen) atoms. The number of rotatable bonds is 4. The van der Waals surface area contributed by atoms with E-state index in [4.69, 9.17) is 13.3 Å². The summed E-state index contributed by atoms with van der Waals surface area (Å²) >= 11 is 0. The molecule has 0 unspecified atom stereocenters. The second kappa shape index (κ2) is 5.98. The number of para-hydroxylation sites is 1. The van der Waals surface area contributed by atoms with Crippen molar-refractivity contribution in [3.05, 3.63) is 70.0 Å². The third-order valence-corrected chi connectivity index (χ3v) is 3.95. The first kappa shape index (κ1) is 15.3. The van der Waals surface area contributed by atoms with E-state index in [0.29, 0.717) is 23.9 Å². The molecular weight excluding hydrogens is 322 g/mol. The Morgan fingerprint density at radius 2 is 1.88 bits per heavy atom. The van der Waals surface area contributed by atoms with Gasteiger partial charge in [0.1, 0.15) is 22.5 Å². The zero-order valence-corrected chi connectivity index (χ0v) is 13.5. The largest absolute Gasteiger partial charge is 0.466 e. The molecule has 6 heteroatoms. The van der Waals surface area contributed by atoms with Crippen molar-refractivity contribution in [3.63, 3.8) is 0 Å². The zero-order chi connectivity index (χ0) is 17.4. The lowest BCUT2D eigenvalue weighted by Gasteiger charge is -2.00. The van der Waals surface area contributed by atoms with Crippen molar-refractivity contribution >= 4 is 28.0 Å². The van der Waals surface area contributed by atoms with Crippen LogP contribution >= 0.6 is 0 Å². The number of furan rings is 2. The number of carbonyl (C=O) groups is 1. The van der Waals surface area contributed by atoms with Gasteiger partial charge in [0.25, 0.3) is 5.91 Å². The van der Waals surface area contributed by atoms with Crippen LogP contribution < -0.4 is 10.7 Å². The van der Waals surface area contributed by atoms with Crippen LogP contribution in [0.5, 0.6) is 0 Å². The molecule has 0 radical (unpaired) electrons. The van der Waals surface area contributed by atoms with Crippen LogP contribution in [0.25, 0.3) is 22.1 Å². The Morgan fingerprint density at radius 1 is 1.04 bits per heavy atom. The lowest BCUT2D eigenvalue weighted by molar-refractivity contribution is 0.0926. The van der Waals surface area contributed by atoms with Gasteiger partial charge in [0, 0.05) is 19.0 Å². The summed E-state index contributed by atoms with van der Waals surface area (Å²) in [6.07, 6.45) is 0.570. The fourth-order valence-corrected chi connectivity index (χ4v) is 2.71. The fraction of sp³-hybridized carbons (Fsp3) is 0.158. The monoisotopic (exact) mass is 337 g/mol. The minimum Gasteiger partial charge on any atom is -0.466 e. The summed E-state index contributed by atoms with van der Waals surface area (Å²) in [6, 6.07) is 12.1. The first-order valence-electron chi connectivity index (χ1n) is 7.91. The predicted octanol–water partition coefficient (Wildman–Crippen LogP) is 3.41. The molecule has 1 aromatic carbocycles. The van der Waals surface area contributed by atoms with Crippen molar-refractivity contribution in [3.8, 4) is 0 Å². The van der Waals surface area contributed by atoms with Gasteiger partial charge in [0.2, 0.25) is 5.43 Å². The molecule has 0 spiro atoms. The van der Waals surface area contributed by atoms with Gasteiger partial charge in [-0.05, 0) is 31.2 Å². The number of nitrogens with one attached hydrogen (secondary N) is 1. The second-order valence-corrected chi connectivity index (χ2v) is 5.76. The van der Waals surface area contributed by atoms with Gasteiger partial charge in [-0.15, -0.1) is 0 Å². The summed E-state index contributed by atoms with van der Waals surface area (Å²) in [7, 11) is 0. The summed E-state index contributed by atoms with van der Waals surface area (Å²) in [4.78, 5) is 24.7. The average molecular weight is 337 g/mol. The number of hydrogen-bond acceptors (Lipinski definition) is 5. The van der Waals surface area contributed by atoms with Crippen LogP contribution in [-0.4, -0.2) is 12.5 Å². The summed E-state index contributed by atoms with van der Waals surface area (Å²) < 4.78 is 16.4. The lowest BCUT2D eigenvalue weighted by atomic mass is 10.2. The van der Waals surface area contributed by atoms with Crippen molar-refractivity contribution in [2.24, 2.45) is 0 Å². The predicted molar refractivity (Wildman–Crippen MR) is 91.7 cm³/mol. The Morgan fingerprint density at radius 3 is 2.68 bits per heavy atom. The molecule has 4 rings (SSSR count). The van der Waals surface area contributed by atoms with Crippen LogP contribution in [0.3, 0.4) is 0 Å². The third-order valence-electron chi connectivity index (χ3n) is 3.95. The van der Waals surface area contributed by atoms with Crippen LogP contribution in [0, 0.1) is 6.92 Å². The molecule has 1 amide bonds. The molecular formula is C19H15NO5. The first-order valence-corrected chi connectivity index (χ1v) is 7.91. The van der Waals surface area contributed by atoms with Crippen LogP contribution in [0.2, 0.25) is 0 Å². The van der Waals surface area contributed by atoms with E-state index < -0.39 is 5.91 Å². The van der Waals surface area contributed by atoms with E-state index >= 15 is 0 Å². The molecule has 0 saturated heterocycles. The van der Waals surface area contributed by atoms with E-state index in [1.807, 2.05) is 19.1 Å². The molecule has 4 aromatic rings. The highest BCUT2D eigenvalue weighted by Crippen LogP contribution is 2.21. The molecule has 0 atom stereocenters. The second-order valence-electron chi connectivity index (χ2n) is 5.76. The van der Waals surface area contributed by atoms with E-state index in [2.05, 4.69) is 5.32 Å². The standard InChI is InChI=1S/C19H15NO5/c1-11-6-7-12(23-11)8-9-20-18(22)16-10-14-17(21)13-4-2-3-5-15(13)24-19(14)25-16/h2-7,10H,8-9H2,1H3,(H,20,22). The molecule has 126 valence electrons. The van der Waals surface area contributed by atoms with E-state index in [9.17, 15) is 9.59 Å². The van der Waals surface area contributed by atoms with E-state index in [1.165, 1.54) is 6.07 Å². The maximum Gasteiger partial charge on any atom is 0.302 e. The van der Waals surface area contributed by atoms with Gasteiger partial charge in [-0.3, -0.25) is 9.59 Å². The van der Waals surface area contributed by atoms with Gasteiger partial charge >= 0.3 is 5.78 Å². The topological polar surface area (TPSA) is 85.6 Å². The van der Waals surface area contributed by atoms with Gasteiger partial charge in [-0.25, -0.2) is 0 Å². The van der Waals surface area contributed by atoms with Crippen molar-refractivity contribution in [2.45, 2.75) is 13.3 Å². The lowest BCUT2D eigenvalue weighted by Crippen LogP contribution is -2.25. The quantitative estimate of drug-likeness (QED) is 0.617. The summed E-state index contributed by atoms with van der Waals surface area (Å²) in [5.74, 6) is 1.32.